The highest BCUT2D eigenvalue weighted by atomic mass is 31.2. The molecule has 0 aliphatic heterocycles. The smallest absolute Gasteiger partial charge is 0.342 e. The Kier molecular flexibility index (Phi) is 7.59. The summed E-state index contributed by atoms with van der Waals surface area (Å²) < 4.78 is 23.1. The van der Waals surface area contributed by atoms with Gasteiger partial charge < -0.3 is 14.4 Å². The Hall–Kier alpha value is -1.36. The van der Waals surface area contributed by atoms with E-state index in [9.17, 15) is 14.5 Å². The second-order valence-corrected chi connectivity index (χ2v) is 7.02. The van der Waals surface area contributed by atoms with Crippen LogP contribution in [0.5, 0.6) is 5.75 Å². The van der Waals surface area contributed by atoms with Gasteiger partial charge in [-0.3, -0.25) is 9.36 Å². The van der Waals surface area contributed by atoms with Crippen molar-refractivity contribution < 1.29 is 23.7 Å². The van der Waals surface area contributed by atoms with Gasteiger partial charge in [-0.25, -0.2) is 5.09 Å². The van der Waals surface area contributed by atoms with E-state index >= 15 is 0 Å². The summed E-state index contributed by atoms with van der Waals surface area (Å²) in [5.41, 5.74) is 0. The highest BCUT2D eigenvalue weighted by molar-refractivity contribution is 7.57. The molecule has 0 aliphatic carbocycles. The molecule has 0 aromatic heterocycles. The molecular formula is C15H24NO5P. The fourth-order valence-corrected chi connectivity index (χ4v) is 3.17. The first-order chi connectivity index (χ1) is 10.4. The molecule has 2 N–H and O–H groups in total. The van der Waals surface area contributed by atoms with E-state index in [4.69, 9.17) is 9.26 Å². The number of ether oxygens (including phenoxy) is 1. The molecule has 22 heavy (non-hydrogen) atoms. The molecule has 1 aromatic rings. The number of nitrogens with one attached hydrogen (secondary N) is 1. The number of benzene rings is 1. The molecule has 1 aromatic carbocycles. The Morgan fingerprint density at radius 3 is 2.36 bits per heavy atom. The van der Waals surface area contributed by atoms with E-state index in [1.807, 2.05) is 13.8 Å². The average molecular weight is 329 g/mol. The maximum atomic E-state index is 12.5. The van der Waals surface area contributed by atoms with Crippen molar-refractivity contribution in [2.24, 2.45) is 0 Å². The molecule has 1 unspecified atom stereocenters. The van der Waals surface area contributed by atoms with Crippen LogP contribution in [0.2, 0.25) is 0 Å². The van der Waals surface area contributed by atoms with Crippen molar-refractivity contribution in [2.45, 2.75) is 45.8 Å². The van der Waals surface area contributed by atoms with Gasteiger partial charge in [-0.1, -0.05) is 32.0 Å². The number of carbonyl (C=O) groups is 1. The van der Waals surface area contributed by atoms with Crippen molar-refractivity contribution in [3.8, 4) is 5.75 Å². The van der Waals surface area contributed by atoms with Crippen LogP contribution in [-0.4, -0.2) is 29.6 Å². The van der Waals surface area contributed by atoms with Gasteiger partial charge in [0, 0.05) is 0 Å². The molecule has 0 radical (unpaired) electrons. The SMILES string of the molecule is CCC(CC)OC(=O)[C@H](C)NP(=O)(CO)Oc1ccccc1. The minimum atomic E-state index is -3.59. The Labute approximate surface area is 131 Å². The summed E-state index contributed by atoms with van der Waals surface area (Å²) in [5, 5.41) is 11.9. The van der Waals surface area contributed by atoms with Crippen molar-refractivity contribution in [3.05, 3.63) is 30.3 Å². The zero-order chi connectivity index (χ0) is 16.6. The van der Waals surface area contributed by atoms with Crippen LogP contribution < -0.4 is 9.61 Å². The molecule has 0 fully saturated rings. The summed E-state index contributed by atoms with van der Waals surface area (Å²) in [5.74, 6) is -0.160. The average Bonchev–Trinajstić information content (AvgIpc) is 2.53. The van der Waals surface area contributed by atoms with Gasteiger partial charge in [0.15, 0.2) is 0 Å². The molecule has 0 bridgehead atoms. The Bertz CT molecular complexity index is 504. The molecule has 0 saturated heterocycles. The quantitative estimate of drug-likeness (QED) is 0.535. The highest BCUT2D eigenvalue weighted by Gasteiger charge is 2.30. The summed E-state index contributed by atoms with van der Waals surface area (Å²) in [6.45, 7) is 5.38. The summed E-state index contributed by atoms with van der Waals surface area (Å²) in [7, 11) is -3.59. The largest absolute Gasteiger partial charge is 0.461 e. The lowest BCUT2D eigenvalue weighted by atomic mass is 10.2. The fourth-order valence-electron chi connectivity index (χ4n) is 1.82. The van der Waals surface area contributed by atoms with E-state index < -0.39 is 25.9 Å². The van der Waals surface area contributed by atoms with Crippen LogP contribution in [-0.2, 0) is 14.1 Å². The van der Waals surface area contributed by atoms with Gasteiger partial charge in [-0.05, 0) is 31.9 Å². The second-order valence-electron chi connectivity index (χ2n) is 4.95. The van der Waals surface area contributed by atoms with Crippen LogP contribution >= 0.6 is 7.52 Å². The third-order valence-electron chi connectivity index (χ3n) is 3.12. The van der Waals surface area contributed by atoms with Crippen LogP contribution in [0.4, 0.5) is 0 Å². The van der Waals surface area contributed by atoms with Gasteiger partial charge in [0.1, 0.15) is 24.2 Å². The number of aliphatic hydroxyl groups excluding tert-OH is 1. The van der Waals surface area contributed by atoms with Gasteiger partial charge in [-0.2, -0.15) is 0 Å². The number of rotatable bonds is 9. The summed E-state index contributed by atoms with van der Waals surface area (Å²) in [6.07, 6.45) is 0.547. The van der Waals surface area contributed by atoms with Crippen molar-refractivity contribution in [3.63, 3.8) is 0 Å². The molecule has 2 atom stereocenters. The van der Waals surface area contributed by atoms with Gasteiger partial charge in [0.05, 0.1) is 0 Å². The molecule has 0 amide bonds. The topological polar surface area (TPSA) is 84.9 Å². The van der Waals surface area contributed by atoms with Gasteiger partial charge in [-0.15, -0.1) is 0 Å². The normalized spacial score (nSPS) is 15.1. The molecule has 7 heteroatoms. The maximum absolute atomic E-state index is 12.5. The van der Waals surface area contributed by atoms with E-state index in [1.165, 1.54) is 6.92 Å². The predicted molar refractivity (Wildman–Crippen MR) is 84.8 cm³/mol. The highest BCUT2D eigenvalue weighted by Crippen LogP contribution is 2.42. The maximum Gasteiger partial charge on any atom is 0.342 e. The van der Waals surface area contributed by atoms with E-state index in [0.29, 0.717) is 18.6 Å². The number of carbonyl (C=O) groups excluding carboxylic acids is 1. The van der Waals surface area contributed by atoms with Crippen LogP contribution in [0, 0.1) is 0 Å². The minimum absolute atomic E-state index is 0.166. The van der Waals surface area contributed by atoms with E-state index in [1.54, 1.807) is 30.3 Å². The minimum Gasteiger partial charge on any atom is -0.461 e. The number of esters is 1. The molecule has 6 nitrogen and oxygen atoms in total. The van der Waals surface area contributed by atoms with Gasteiger partial charge in [0.25, 0.3) is 0 Å². The Morgan fingerprint density at radius 1 is 1.27 bits per heavy atom. The van der Waals surface area contributed by atoms with Crippen LogP contribution in [0.1, 0.15) is 33.6 Å². The number of aliphatic hydroxyl groups is 1. The van der Waals surface area contributed by atoms with Crippen molar-refractivity contribution in [1.29, 1.82) is 0 Å². The lowest BCUT2D eigenvalue weighted by molar-refractivity contribution is -0.151. The molecule has 0 spiro atoms. The number of para-hydroxylation sites is 1. The van der Waals surface area contributed by atoms with Crippen LogP contribution in [0.3, 0.4) is 0 Å². The van der Waals surface area contributed by atoms with Gasteiger partial charge >= 0.3 is 13.5 Å². The third kappa shape index (κ3) is 5.79. The van der Waals surface area contributed by atoms with Gasteiger partial charge in [0.2, 0.25) is 0 Å². The zero-order valence-corrected chi connectivity index (χ0v) is 14.1. The third-order valence-corrected chi connectivity index (χ3v) is 4.78. The Morgan fingerprint density at radius 2 is 1.86 bits per heavy atom. The fraction of sp³-hybridized carbons (Fsp3) is 0.533. The molecule has 0 heterocycles. The van der Waals surface area contributed by atoms with Crippen molar-refractivity contribution in [1.82, 2.24) is 5.09 Å². The summed E-state index contributed by atoms with van der Waals surface area (Å²) in [4.78, 5) is 12.0. The second kappa shape index (κ2) is 8.93. The molecule has 1 rings (SSSR count). The first kappa shape index (κ1) is 18.7. The molecular weight excluding hydrogens is 305 g/mol. The summed E-state index contributed by atoms with van der Waals surface area (Å²) in [6, 6.07) is 7.64. The van der Waals surface area contributed by atoms with E-state index in [0.717, 1.165) is 0 Å². The van der Waals surface area contributed by atoms with Crippen LogP contribution in [0.15, 0.2) is 30.3 Å². The first-order valence-corrected chi connectivity index (χ1v) is 9.18. The van der Waals surface area contributed by atoms with Crippen molar-refractivity contribution in [2.75, 3.05) is 6.35 Å². The Balaban J connectivity index is 2.67. The predicted octanol–water partition coefficient (Wildman–Crippen LogP) is 2.92. The van der Waals surface area contributed by atoms with E-state index in [-0.39, 0.29) is 6.10 Å². The first-order valence-electron chi connectivity index (χ1n) is 7.37. The standard InChI is InChI=1S/C15H24NO5P/c1-4-13(5-2)20-15(18)12(3)16-22(19,11-17)21-14-9-7-6-8-10-14/h6-10,12-13,17H,4-5,11H2,1-3H3,(H,16,19)/t12-,22?/m0/s1. The molecule has 124 valence electrons. The zero-order valence-electron chi connectivity index (χ0n) is 13.2. The summed E-state index contributed by atoms with van der Waals surface area (Å²) >= 11 is 0. The lowest BCUT2D eigenvalue weighted by Gasteiger charge is -2.23. The van der Waals surface area contributed by atoms with Crippen LogP contribution in [0.25, 0.3) is 0 Å². The number of hydrogen-bond acceptors (Lipinski definition) is 5. The van der Waals surface area contributed by atoms with Crippen molar-refractivity contribution >= 4 is 13.5 Å². The monoisotopic (exact) mass is 329 g/mol. The number of hydrogen-bond donors (Lipinski definition) is 2. The van der Waals surface area contributed by atoms with E-state index in [2.05, 4.69) is 5.09 Å². The lowest BCUT2D eigenvalue weighted by Crippen LogP contribution is -2.37. The molecule has 0 saturated carbocycles. The molecule has 0 aliphatic rings.